The number of aryl methyl sites for hydroxylation is 2. The summed E-state index contributed by atoms with van der Waals surface area (Å²) in [4.78, 5) is 13.4. The van der Waals surface area contributed by atoms with E-state index >= 15 is 0 Å². The van der Waals surface area contributed by atoms with Crippen LogP contribution in [0.2, 0.25) is 0 Å². The lowest BCUT2D eigenvalue weighted by Gasteiger charge is -2.04. The molecule has 3 rings (SSSR count). The molecule has 3 aromatic rings. The number of carbonyl (C=O) groups is 1. The number of amides is 1. The molecular weight excluding hydrogens is 302 g/mol. The van der Waals surface area contributed by atoms with Crippen LogP contribution in [0, 0.1) is 6.92 Å². The first-order valence-electron chi connectivity index (χ1n) is 7.87. The highest BCUT2D eigenvalue weighted by molar-refractivity contribution is 5.90. The maximum Gasteiger partial charge on any atom is 0.248 e. The molecule has 6 heteroatoms. The largest absolute Gasteiger partial charge is 0.324 e. The van der Waals surface area contributed by atoms with Crippen molar-refractivity contribution in [2.75, 3.05) is 5.32 Å². The first-order chi connectivity index (χ1) is 11.6. The Balaban J connectivity index is 1.64. The maximum absolute atomic E-state index is 12.1. The van der Waals surface area contributed by atoms with Gasteiger partial charge in [-0.2, -0.15) is 4.80 Å². The molecule has 0 unspecified atom stereocenters. The standard InChI is InChI=1S/C18H19N5O/c1-3-14-6-8-15(9-7-14)18-20-22-23(21-18)12-17(24)19-16-10-4-13(2)5-11-16/h4-11H,3,12H2,1-2H3,(H,19,24). The monoisotopic (exact) mass is 321 g/mol. The Morgan fingerprint density at radius 1 is 1.08 bits per heavy atom. The molecule has 0 saturated heterocycles. The fourth-order valence-electron chi connectivity index (χ4n) is 2.28. The molecule has 0 aliphatic rings. The van der Waals surface area contributed by atoms with Gasteiger partial charge in [0.15, 0.2) is 0 Å². The molecular formula is C18H19N5O. The second kappa shape index (κ2) is 7.04. The van der Waals surface area contributed by atoms with E-state index in [9.17, 15) is 4.79 Å². The third kappa shape index (κ3) is 3.84. The van der Waals surface area contributed by atoms with E-state index < -0.39 is 0 Å². The molecule has 122 valence electrons. The van der Waals surface area contributed by atoms with Gasteiger partial charge in [-0.25, -0.2) is 0 Å². The second-order valence-electron chi connectivity index (χ2n) is 5.61. The molecule has 2 aromatic carbocycles. The third-order valence-corrected chi connectivity index (χ3v) is 3.69. The highest BCUT2D eigenvalue weighted by Crippen LogP contribution is 2.15. The van der Waals surface area contributed by atoms with Gasteiger partial charge in [-0.15, -0.1) is 10.2 Å². The van der Waals surface area contributed by atoms with Crippen molar-refractivity contribution in [1.82, 2.24) is 20.2 Å². The number of hydrogen-bond donors (Lipinski definition) is 1. The van der Waals surface area contributed by atoms with E-state index in [1.54, 1.807) is 0 Å². The van der Waals surface area contributed by atoms with Crippen LogP contribution in [0.5, 0.6) is 0 Å². The molecule has 0 fully saturated rings. The number of hydrogen-bond acceptors (Lipinski definition) is 4. The van der Waals surface area contributed by atoms with Crippen LogP contribution >= 0.6 is 0 Å². The van der Waals surface area contributed by atoms with Gasteiger partial charge in [0, 0.05) is 11.3 Å². The van der Waals surface area contributed by atoms with Gasteiger partial charge in [-0.05, 0) is 36.3 Å². The predicted molar refractivity (Wildman–Crippen MR) is 92.4 cm³/mol. The number of aromatic nitrogens is 4. The number of anilines is 1. The molecule has 0 spiro atoms. The highest BCUT2D eigenvalue weighted by atomic mass is 16.2. The molecule has 0 saturated carbocycles. The van der Waals surface area contributed by atoms with Crippen molar-refractivity contribution in [3.63, 3.8) is 0 Å². The lowest BCUT2D eigenvalue weighted by molar-refractivity contribution is -0.117. The quantitative estimate of drug-likeness (QED) is 0.784. The number of carbonyl (C=O) groups excluding carboxylic acids is 1. The molecule has 1 N–H and O–H groups in total. The summed E-state index contributed by atoms with van der Waals surface area (Å²) in [5, 5.41) is 15.0. The smallest absolute Gasteiger partial charge is 0.248 e. The van der Waals surface area contributed by atoms with Crippen LogP contribution in [0.25, 0.3) is 11.4 Å². The zero-order chi connectivity index (χ0) is 16.9. The minimum atomic E-state index is -0.191. The van der Waals surface area contributed by atoms with Gasteiger partial charge in [0.05, 0.1) is 0 Å². The summed E-state index contributed by atoms with van der Waals surface area (Å²) in [7, 11) is 0. The number of nitrogens with zero attached hydrogens (tertiary/aromatic N) is 4. The fraction of sp³-hybridized carbons (Fsp3) is 0.222. The number of benzene rings is 2. The number of rotatable bonds is 5. The zero-order valence-corrected chi connectivity index (χ0v) is 13.7. The summed E-state index contributed by atoms with van der Waals surface area (Å²) in [6, 6.07) is 15.6. The van der Waals surface area contributed by atoms with E-state index in [4.69, 9.17) is 0 Å². The normalized spacial score (nSPS) is 10.6. The molecule has 24 heavy (non-hydrogen) atoms. The topological polar surface area (TPSA) is 72.7 Å². The van der Waals surface area contributed by atoms with Gasteiger partial charge < -0.3 is 5.32 Å². The minimum absolute atomic E-state index is 0.0217. The van der Waals surface area contributed by atoms with Crippen molar-refractivity contribution in [2.45, 2.75) is 26.8 Å². The lowest BCUT2D eigenvalue weighted by atomic mass is 10.1. The average molecular weight is 321 g/mol. The van der Waals surface area contributed by atoms with Crippen molar-refractivity contribution < 1.29 is 4.79 Å². The predicted octanol–water partition coefficient (Wildman–Crippen LogP) is 2.85. The summed E-state index contributed by atoms with van der Waals surface area (Å²) in [5.41, 5.74) is 4.03. The molecule has 0 radical (unpaired) electrons. The Bertz CT molecular complexity index is 821. The Morgan fingerprint density at radius 2 is 1.79 bits per heavy atom. The lowest BCUT2D eigenvalue weighted by Crippen LogP contribution is -2.20. The summed E-state index contributed by atoms with van der Waals surface area (Å²) < 4.78 is 0. The molecule has 0 aliphatic heterocycles. The summed E-state index contributed by atoms with van der Waals surface area (Å²) in [6.07, 6.45) is 0.986. The van der Waals surface area contributed by atoms with Gasteiger partial charge in [-0.1, -0.05) is 48.9 Å². The van der Waals surface area contributed by atoms with Gasteiger partial charge in [0.2, 0.25) is 11.7 Å². The van der Waals surface area contributed by atoms with E-state index in [1.807, 2.05) is 55.5 Å². The van der Waals surface area contributed by atoms with Crippen molar-refractivity contribution in [3.8, 4) is 11.4 Å². The third-order valence-electron chi connectivity index (χ3n) is 3.69. The Labute approximate surface area is 140 Å². The average Bonchev–Trinajstić information content (AvgIpc) is 3.05. The van der Waals surface area contributed by atoms with Gasteiger partial charge in [-0.3, -0.25) is 4.79 Å². The fourth-order valence-corrected chi connectivity index (χ4v) is 2.28. The van der Waals surface area contributed by atoms with Crippen molar-refractivity contribution in [1.29, 1.82) is 0 Å². The second-order valence-corrected chi connectivity index (χ2v) is 5.61. The summed E-state index contributed by atoms with van der Waals surface area (Å²) in [6.45, 7) is 4.13. The van der Waals surface area contributed by atoms with E-state index in [-0.39, 0.29) is 12.5 Å². The SMILES string of the molecule is CCc1ccc(-c2nnn(CC(=O)Nc3ccc(C)cc3)n2)cc1. The molecule has 6 nitrogen and oxygen atoms in total. The molecule has 1 amide bonds. The van der Waals surface area contributed by atoms with Crippen LogP contribution < -0.4 is 5.32 Å². The first-order valence-corrected chi connectivity index (χ1v) is 7.87. The van der Waals surface area contributed by atoms with Crippen molar-refractivity contribution in [2.24, 2.45) is 0 Å². The maximum atomic E-state index is 12.1. The Hall–Kier alpha value is -3.02. The first kappa shape index (κ1) is 15.9. The Kier molecular flexibility index (Phi) is 4.65. The van der Waals surface area contributed by atoms with Crippen LogP contribution in [-0.4, -0.2) is 26.1 Å². The molecule has 0 aliphatic carbocycles. The van der Waals surface area contributed by atoms with E-state index in [0.717, 1.165) is 23.2 Å². The van der Waals surface area contributed by atoms with Gasteiger partial charge >= 0.3 is 0 Å². The molecule has 1 heterocycles. The van der Waals surface area contributed by atoms with Gasteiger partial charge in [0.25, 0.3) is 0 Å². The number of tetrazole rings is 1. The van der Waals surface area contributed by atoms with E-state index in [2.05, 4.69) is 27.7 Å². The summed E-state index contributed by atoms with van der Waals surface area (Å²) >= 11 is 0. The van der Waals surface area contributed by atoms with E-state index in [0.29, 0.717) is 5.82 Å². The Morgan fingerprint density at radius 3 is 2.46 bits per heavy atom. The molecule has 0 atom stereocenters. The number of nitrogens with one attached hydrogen (secondary N) is 1. The van der Waals surface area contributed by atoms with Crippen LogP contribution in [0.15, 0.2) is 48.5 Å². The van der Waals surface area contributed by atoms with Gasteiger partial charge in [0.1, 0.15) is 6.54 Å². The van der Waals surface area contributed by atoms with Crippen LogP contribution in [0.4, 0.5) is 5.69 Å². The van der Waals surface area contributed by atoms with Crippen LogP contribution in [0.1, 0.15) is 18.1 Å². The van der Waals surface area contributed by atoms with Crippen LogP contribution in [-0.2, 0) is 17.8 Å². The minimum Gasteiger partial charge on any atom is -0.324 e. The molecule has 1 aromatic heterocycles. The summed E-state index contributed by atoms with van der Waals surface area (Å²) in [5.74, 6) is 0.324. The van der Waals surface area contributed by atoms with Crippen molar-refractivity contribution >= 4 is 11.6 Å². The highest BCUT2D eigenvalue weighted by Gasteiger charge is 2.09. The molecule has 0 bridgehead atoms. The van der Waals surface area contributed by atoms with Crippen molar-refractivity contribution in [3.05, 3.63) is 59.7 Å². The van der Waals surface area contributed by atoms with E-state index in [1.165, 1.54) is 10.4 Å². The zero-order valence-electron chi connectivity index (χ0n) is 13.7. The van der Waals surface area contributed by atoms with Crippen LogP contribution in [0.3, 0.4) is 0 Å².